The van der Waals surface area contributed by atoms with E-state index in [1.54, 1.807) is 11.1 Å². The minimum absolute atomic E-state index is 0.231. The summed E-state index contributed by atoms with van der Waals surface area (Å²) in [4.78, 5) is 11.2. The Kier molecular flexibility index (Phi) is 5.87. The van der Waals surface area contributed by atoms with Crippen LogP contribution in [-0.2, 0) is 4.79 Å². The SMILES string of the molecule is C=C(CCC(F)(F)C(CCC)NC(C)=O)C1CC2=C(C1)C2C(C)C. The van der Waals surface area contributed by atoms with E-state index in [-0.39, 0.29) is 6.42 Å². The molecule has 0 saturated heterocycles. The van der Waals surface area contributed by atoms with Gasteiger partial charge in [-0.25, -0.2) is 8.78 Å². The van der Waals surface area contributed by atoms with Crippen LogP contribution in [0.3, 0.4) is 0 Å². The highest BCUT2D eigenvalue weighted by atomic mass is 19.3. The summed E-state index contributed by atoms with van der Waals surface area (Å²) < 4.78 is 28.9. The van der Waals surface area contributed by atoms with E-state index in [0.29, 0.717) is 37.0 Å². The van der Waals surface area contributed by atoms with Gasteiger partial charge in [-0.2, -0.15) is 0 Å². The Morgan fingerprint density at radius 3 is 2.38 bits per heavy atom. The van der Waals surface area contributed by atoms with E-state index in [2.05, 4.69) is 25.7 Å². The Balaban J connectivity index is 1.81. The van der Waals surface area contributed by atoms with Gasteiger partial charge in [0.2, 0.25) is 5.91 Å². The van der Waals surface area contributed by atoms with Gasteiger partial charge in [0.1, 0.15) is 0 Å². The highest BCUT2D eigenvalue weighted by molar-refractivity contribution is 5.73. The van der Waals surface area contributed by atoms with E-state index < -0.39 is 17.9 Å². The fourth-order valence-corrected chi connectivity index (χ4v) is 4.18. The maximum absolute atomic E-state index is 14.5. The van der Waals surface area contributed by atoms with Gasteiger partial charge in [-0.15, -0.1) is 0 Å². The molecule has 2 nitrogen and oxygen atoms in total. The monoisotopic (exact) mass is 339 g/mol. The minimum Gasteiger partial charge on any atom is -0.348 e. The van der Waals surface area contributed by atoms with Crippen LogP contribution in [0.4, 0.5) is 8.78 Å². The Morgan fingerprint density at radius 1 is 1.33 bits per heavy atom. The molecule has 4 heteroatoms. The van der Waals surface area contributed by atoms with Crippen LogP contribution in [0.2, 0.25) is 0 Å². The summed E-state index contributed by atoms with van der Waals surface area (Å²) in [6.45, 7) is 11.7. The van der Waals surface area contributed by atoms with Gasteiger partial charge in [-0.3, -0.25) is 4.79 Å². The molecular weight excluding hydrogens is 308 g/mol. The molecule has 1 amide bonds. The van der Waals surface area contributed by atoms with Gasteiger partial charge in [0.25, 0.3) is 5.92 Å². The lowest BCUT2D eigenvalue weighted by atomic mass is 9.84. The second-order valence-corrected chi connectivity index (χ2v) is 7.84. The number of nitrogens with one attached hydrogen (secondary N) is 1. The van der Waals surface area contributed by atoms with Gasteiger partial charge in [0.05, 0.1) is 6.04 Å². The normalized spacial score (nSPS) is 19.6. The second kappa shape index (κ2) is 7.37. The number of rotatable bonds is 9. The molecule has 136 valence electrons. The predicted molar refractivity (Wildman–Crippen MR) is 93.9 cm³/mol. The average molecular weight is 339 g/mol. The van der Waals surface area contributed by atoms with Gasteiger partial charge in [0, 0.05) is 19.3 Å². The predicted octanol–water partition coefficient (Wildman–Crippen LogP) is 5.26. The minimum atomic E-state index is -2.88. The van der Waals surface area contributed by atoms with Crippen LogP contribution < -0.4 is 5.32 Å². The zero-order valence-electron chi connectivity index (χ0n) is 15.4. The molecule has 0 aliphatic heterocycles. The fraction of sp³-hybridized carbons (Fsp3) is 0.750. The van der Waals surface area contributed by atoms with E-state index in [0.717, 1.165) is 18.4 Å². The molecule has 0 aromatic carbocycles. The van der Waals surface area contributed by atoms with Crippen molar-refractivity contribution >= 4 is 5.91 Å². The molecule has 1 atom stereocenters. The topological polar surface area (TPSA) is 29.1 Å². The second-order valence-electron chi connectivity index (χ2n) is 7.84. The number of amides is 1. The first-order valence-electron chi connectivity index (χ1n) is 9.21. The van der Waals surface area contributed by atoms with Crippen LogP contribution in [0.25, 0.3) is 0 Å². The number of alkyl halides is 2. The average Bonchev–Trinajstić information content (AvgIpc) is 3.00. The van der Waals surface area contributed by atoms with Gasteiger partial charge >= 0.3 is 0 Å². The lowest BCUT2D eigenvalue weighted by Crippen LogP contribution is -2.47. The summed E-state index contributed by atoms with van der Waals surface area (Å²) in [5, 5.41) is 2.42. The first-order chi connectivity index (χ1) is 11.2. The molecule has 0 fully saturated rings. The third-order valence-electron chi connectivity index (χ3n) is 5.50. The number of halogens is 2. The van der Waals surface area contributed by atoms with Gasteiger partial charge in [-0.05, 0) is 37.5 Å². The zero-order chi connectivity index (χ0) is 18.1. The third kappa shape index (κ3) is 4.25. The fourth-order valence-electron chi connectivity index (χ4n) is 4.18. The van der Waals surface area contributed by atoms with Gasteiger partial charge < -0.3 is 5.32 Å². The van der Waals surface area contributed by atoms with Crippen LogP contribution in [-0.4, -0.2) is 17.9 Å². The van der Waals surface area contributed by atoms with Gasteiger partial charge in [0.15, 0.2) is 0 Å². The molecule has 2 aliphatic rings. The summed E-state index contributed by atoms with van der Waals surface area (Å²) >= 11 is 0. The largest absolute Gasteiger partial charge is 0.348 e. The highest BCUT2D eigenvalue weighted by Crippen LogP contribution is 2.58. The quantitative estimate of drug-likeness (QED) is 0.571. The molecule has 0 aromatic heterocycles. The van der Waals surface area contributed by atoms with Crippen LogP contribution in [0.1, 0.15) is 66.2 Å². The summed E-state index contributed by atoms with van der Waals surface area (Å²) in [5.41, 5.74) is 4.07. The Morgan fingerprint density at radius 2 is 1.92 bits per heavy atom. The molecular formula is C20H31F2NO. The molecule has 0 bridgehead atoms. The van der Waals surface area contributed by atoms with Crippen molar-refractivity contribution in [1.82, 2.24) is 5.32 Å². The van der Waals surface area contributed by atoms with Crippen LogP contribution in [0, 0.1) is 17.8 Å². The van der Waals surface area contributed by atoms with Crippen molar-refractivity contribution in [2.75, 3.05) is 0 Å². The first-order valence-corrected chi connectivity index (χ1v) is 9.21. The number of allylic oxidation sites excluding steroid dienone is 3. The molecule has 1 N–H and O–H groups in total. The Bertz CT molecular complexity index is 520. The molecule has 0 spiro atoms. The van der Waals surface area contributed by atoms with E-state index in [1.165, 1.54) is 6.92 Å². The number of carbonyl (C=O) groups is 1. The molecule has 0 heterocycles. The van der Waals surface area contributed by atoms with E-state index >= 15 is 0 Å². The number of hydrogen-bond acceptors (Lipinski definition) is 1. The number of carbonyl (C=O) groups excluding carboxylic acids is 1. The molecule has 0 saturated carbocycles. The standard InChI is InChI=1S/C20H31F2NO/c1-6-7-18(23-14(5)24)20(21,22)9-8-13(4)15-10-16-17(11-15)19(16)12(2)3/h12,15,18-19H,4,6-11H2,1-3,5H3,(H,23,24). The Hall–Kier alpha value is -1.19. The summed E-state index contributed by atoms with van der Waals surface area (Å²) in [6.07, 6.45) is 3.07. The van der Waals surface area contributed by atoms with Crippen LogP contribution in [0.5, 0.6) is 0 Å². The third-order valence-corrected chi connectivity index (χ3v) is 5.50. The molecule has 2 aliphatic carbocycles. The Labute approximate surface area is 144 Å². The van der Waals surface area contributed by atoms with Crippen molar-refractivity contribution < 1.29 is 13.6 Å². The van der Waals surface area contributed by atoms with Crippen molar-refractivity contribution in [2.45, 2.75) is 78.2 Å². The molecule has 0 radical (unpaired) electrons. The lowest BCUT2D eigenvalue weighted by molar-refractivity contribution is -0.124. The molecule has 2 rings (SSSR count). The van der Waals surface area contributed by atoms with E-state index in [1.807, 2.05) is 6.92 Å². The van der Waals surface area contributed by atoms with Crippen LogP contribution >= 0.6 is 0 Å². The summed E-state index contributed by atoms with van der Waals surface area (Å²) in [5.74, 6) is -1.57. The molecule has 24 heavy (non-hydrogen) atoms. The maximum atomic E-state index is 14.5. The van der Waals surface area contributed by atoms with Crippen molar-refractivity contribution in [3.8, 4) is 0 Å². The first kappa shape index (κ1) is 19.1. The summed E-state index contributed by atoms with van der Waals surface area (Å²) in [6, 6.07) is -1.07. The molecule has 0 aromatic rings. The zero-order valence-corrected chi connectivity index (χ0v) is 15.4. The highest BCUT2D eigenvalue weighted by Gasteiger charge is 2.46. The smallest absolute Gasteiger partial charge is 0.268 e. The van der Waals surface area contributed by atoms with Crippen molar-refractivity contribution in [2.24, 2.45) is 17.8 Å². The van der Waals surface area contributed by atoms with Crippen molar-refractivity contribution in [1.29, 1.82) is 0 Å². The maximum Gasteiger partial charge on any atom is 0.268 e. The van der Waals surface area contributed by atoms with Crippen LogP contribution in [0.15, 0.2) is 23.3 Å². The van der Waals surface area contributed by atoms with Crippen molar-refractivity contribution in [3.63, 3.8) is 0 Å². The van der Waals surface area contributed by atoms with Crippen molar-refractivity contribution in [3.05, 3.63) is 23.3 Å². The van der Waals surface area contributed by atoms with E-state index in [9.17, 15) is 13.6 Å². The summed E-state index contributed by atoms with van der Waals surface area (Å²) in [7, 11) is 0. The van der Waals surface area contributed by atoms with E-state index in [4.69, 9.17) is 0 Å². The van der Waals surface area contributed by atoms with Gasteiger partial charge in [-0.1, -0.05) is 50.5 Å². The lowest BCUT2D eigenvalue weighted by Gasteiger charge is -2.28. The number of hydrogen-bond donors (Lipinski definition) is 1. The molecule has 1 unspecified atom stereocenters.